The number of carboxylic acid groups (broad SMARTS) is 1. The van der Waals surface area contributed by atoms with Crippen molar-refractivity contribution in [1.29, 1.82) is 0 Å². The number of carbonyl (C=O) groups is 6. The topological polar surface area (TPSA) is 171 Å². The van der Waals surface area contributed by atoms with E-state index in [9.17, 15) is 33.9 Å². The van der Waals surface area contributed by atoms with Gasteiger partial charge in [0.15, 0.2) is 18.0 Å². The van der Waals surface area contributed by atoms with Gasteiger partial charge in [-0.15, -0.1) is 11.6 Å². The van der Waals surface area contributed by atoms with Crippen molar-refractivity contribution in [2.45, 2.75) is 123 Å². The quantitative estimate of drug-likeness (QED) is 0.177. The van der Waals surface area contributed by atoms with E-state index < -0.39 is 57.7 Å². The predicted molar refractivity (Wildman–Crippen MR) is 178 cm³/mol. The molecule has 12 heteroatoms. The summed E-state index contributed by atoms with van der Waals surface area (Å²) in [6, 6.07) is 0. The Balaban J connectivity index is 0.000000570. The Bertz CT molecular complexity index is 1310. The molecule has 0 aromatic carbocycles. The number of aliphatic hydroxyl groups is 1. The van der Waals surface area contributed by atoms with Crippen LogP contribution in [0.2, 0.25) is 0 Å². The van der Waals surface area contributed by atoms with Crippen LogP contribution in [0.5, 0.6) is 0 Å². The molecule has 4 aliphatic rings. The van der Waals surface area contributed by atoms with Crippen molar-refractivity contribution >= 4 is 47.0 Å². The lowest BCUT2D eigenvalue weighted by molar-refractivity contribution is -0.203. The number of fused-ring (bicyclic) bond motifs is 5. The third-order valence-corrected chi connectivity index (χ3v) is 11.6. The van der Waals surface area contributed by atoms with Gasteiger partial charge < -0.3 is 24.4 Å². The minimum atomic E-state index is -1.55. The molecule has 0 aromatic heterocycles. The zero-order chi connectivity index (χ0) is 36.7. The molecule has 0 amide bonds. The first kappa shape index (κ1) is 41.1. The van der Waals surface area contributed by atoms with Gasteiger partial charge in [-0.1, -0.05) is 60.1 Å². The number of Topliss-reactive ketones (excluding diaryl/α,β-unsaturated/α-hetero) is 1. The van der Waals surface area contributed by atoms with E-state index in [1.54, 1.807) is 40.7 Å². The lowest BCUT2D eigenvalue weighted by Gasteiger charge is -2.64. The Kier molecular flexibility index (Phi) is 14.2. The van der Waals surface area contributed by atoms with Crippen LogP contribution in [0.15, 0.2) is 23.8 Å². The smallest absolute Gasteiger partial charge is 0.306 e. The van der Waals surface area contributed by atoms with E-state index in [-0.39, 0.29) is 55.2 Å². The van der Waals surface area contributed by atoms with E-state index >= 15 is 0 Å². The van der Waals surface area contributed by atoms with Crippen LogP contribution in [0, 0.1) is 28.6 Å². The molecule has 0 aliphatic heterocycles. The van der Waals surface area contributed by atoms with Crippen LogP contribution in [0.1, 0.15) is 107 Å². The number of esters is 3. The SMILES string of the molecule is CCC(=O)O.CCC(=O)OCC(=O)[C@@]1(OC(=O)CC)[C@@H](C)C[C@H]2[C@@H]3CCC4=CC(=O)C=C[C@]4(C)C3(Cl)[C@@H](O)C[C@@]21C.CCOC(=O)CC. The zero-order valence-electron chi connectivity index (χ0n) is 29.6. The second-order valence-corrected chi connectivity index (χ2v) is 13.9. The number of carboxylic acids is 1. The maximum absolute atomic E-state index is 13.9. The summed E-state index contributed by atoms with van der Waals surface area (Å²) in [7, 11) is 0. The van der Waals surface area contributed by atoms with Crippen molar-refractivity contribution < 1.29 is 53.2 Å². The number of rotatable bonds is 9. The molecule has 2 N–H and O–H groups in total. The highest BCUT2D eigenvalue weighted by molar-refractivity contribution is 6.26. The van der Waals surface area contributed by atoms with E-state index in [0.29, 0.717) is 32.3 Å². The first-order chi connectivity index (χ1) is 22.4. The number of carbonyl (C=O) groups excluding carboxylic acids is 5. The fraction of sp³-hybridized carbons (Fsp3) is 0.722. The van der Waals surface area contributed by atoms with E-state index in [2.05, 4.69) is 4.74 Å². The molecule has 48 heavy (non-hydrogen) atoms. The normalized spacial score (nSPS) is 34.3. The molecule has 4 rings (SSSR count). The highest BCUT2D eigenvalue weighted by atomic mass is 35.5. The molecule has 3 fully saturated rings. The number of allylic oxidation sites excluding steroid dienone is 4. The Hall–Kier alpha value is -3.05. The van der Waals surface area contributed by atoms with E-state index in [4.69, 9.17) is 26.2 Å². The minimum absolute atomic E-state index is 0.0801. The van der Waals surface area contributed by atoms with Crippen LogP contribution in [0.25, 0.3) is 0 Å². The molecule has 0 aromatic rings. The highest BCUT2D eigenvalue weighted by Crippen LogP contribution is 2.72. The molecule has 0 heterocycles. The van der Waals surface area contributed by atoms with Crippen molar-refractivity contribution in [2.75, 3.05) is 13.2 Å². The Morgan fingerprint density at radius 2 is 1.48 bits per heavy atom. The Labute approximate surface area is 288 Å². The average molecular weight is 697 g/mol. The largest absolute Gasteiger partial charge is 0.481 e. The number of alkyl halides is 1. The number of aliphatic carboxylic acids is 1. The molecule has 11 nitrogen and oxygen atoms in total. The van der Waals surface area contributed by atoms with Crippen molar-refractivity contribution in [3.63, 3.8) is 0 Å². The van der Waals surface area contributed by atoms with Gasteiger partial charge in [-0.25, -0.2) is 0 Å². The molecule has 0 spiro atoms. The number of hydrogen-bond donors (Lipinski definition) is 2. The van der Waals surface area contributed by atoms with Crippen LogP contribution in [0.4, 0.5) is 0 Å². The molecule has 0 radical (unpaired) electrons. The fourth-order valence-corrected chi connectivity index (χ4v) is 8.79. The Morgan fingerprint density at radius 1 is 0.917 bits per heavy atom. The summed E-state index contributed by atoms with van der Waals surface area (Å²) in [5.74, 6) is -3.10. The van der Waals surface area contributed by atoms with Gasteiger partial charge in [-0.2, -0.15) is 0 Å². The third kappa shape index (κ3) is 7.57. The van der Waals surface area contributed by atoms with Crippen LogP contribution in [0.3, 0.4) is 0 Å². The van der Waals surface area contributed by atoms with E-state index in [1.165, 1.54) is 6.08 Å². The van der Waals surface area contributed by atoms with E-state index in [1.807, 2.05) is 26.8 Å². The molecule has 3 saturated carbocycles. The van der Waals surface area contributed by atoms with Gasteiger partial charge in [-0.05, 0) is 56.6 Å². The first-order valence-electron chi connectivity index (χ1n) is 17.0. The molecular weight excluding hydrogens is 644 g/mol. The fourth-order valence-electron chi connectivity index (χ4n) is 8.27. The monoisotopic (exact) mass is 696 g/mol. The molecule has 0 saturated heterocycles. The summed E-state index contributed by atoms with van der Waals surface area (Å²) in [5.41, 5.74) is -2.27. The maximum atomic E-state index is 13.9. The lowest BCUT2D eigenvalue weighted by atomic mass is 9.45. The molecule has 8 atom stereocenters. The van der Waals surface area contributed by atoms with E-state index in [0.717, 1.165) is 5.57 Å². The summed E-state index contributed by atoms with van der Waals surface area (Å²) in [5, 5.41) is 19.5. The molecular formula is C36H53ClO11. The molecule has 4 aliphatic carbocycles. The zero-order valence-corrected chi connectivity index (χ0v) is 30.3. The summed E-state index contributed by atoms with van der Waals surface area (Å²) in [6.07, 6.45) is 6.88. The van der Waals surface area contributed by atoms with Gasteiger partial charge in [0.05, 0.1) is 17.6 Å². The number of ether oxygens (including phenoxy) is 3. The number of hydrogen-bond acceptors (Lipinski definition) is 10. The summed E-state index contributed by atoms with van der Waals surface area (Å²) < 4.78 is 15.8. The molecule has 0 bridgehead atoms. The highest BCUT2D eigenvalue weighted by Gasteiger charge is 2.76. The van der Waals surface area contributed by atoms with Crippen LogP contribution in [-0.4, -0.2) is 75.4 Å². The minimum Gasteiger partial charge on any atom is -0.481 e. The van der Waals surface area contributed by atoms with Crippen molar-refractivity contribution in [2.24, 2.45) is 28.6 Å². The van der Waals surface area contributed by atoms with Crippen LogP contribution >= 0.6 is 11.6 Å². The predicted octanol–water partition coefficient (Wildman–Crippen LogP) is 5.53. The number of halogens is 1. The van der Waals surface area contributed by atoms with Crippen molar-refractivity contribution in [3.05, 3.63) is 23.8 Å². The Morgan fingerprint density at radius 3 is 1.98 bits per heavy atom. The summed E-state index contributed by atoms with van der Waals surface area (Å²) >= 11 is 7.48. The second kappa shape index (κ2) is 16.6. The standard InChI is InChI=1S/C28H37ClO7.C5H10O2.C3H6O2/c1-6-23(33)35-15-22(32)28(36-24(34)7-2)16(3)12-20-19-9-8-17-13-18(30)10-11-25(17,4)27(19,29)21(31)14-26(20,28)5;1-3-5(6)7-4-2;1-2-3(4)5/h10-11,13,16,19-21,31H,6-9,12,14-15H2,1-5H3;3-4H2,1-2H3;2H2,1H3,(H,4,5)/t16-,19-,20-,21-,25-,26-,27?,28-;;/m0../s1. The average Bonchev–Trinajstić information content (AvgIpc) is 3.26. The van der Waals surface area contributed by atoms with Gasteiger partial charge in [0.2, 0.25) is 5.78 Å². The third-order valence-electron chi connectivity index (χ3n) is 10.7. The van der Waals surface area contributed by atoms with Gasteiger partial charge >= 0.3 is 23.9 Å². The van der Waals surface area contributed by atoms with Gasteiger partial charge in [0, 0.05) is 42.4 Å². The van der Waals surface area contributed by atoms with Crippen molar-refractivity contribution in [1.82, 2.24) is 0 Å². The molecule has 270 valence electrons. The van der Waals surface area contributed by atoms with Crippen LogP contribution < -0.4 is 0 Å². The first-order valence-corrected chi connectivity index (χ1v) is 17.4. The van der Waals surface area contributed by atoms with Crippen molar-refractivity contribution in [3.8, 4) is 0 Å². The number of ketones is 2. The summed E-state index contributed by atoms with van der Waals surface area (Å²) in [6.45, 7) is 14.3. The second-order valence-electron chi connectivity index (χ2n) is 13.3. The summed E-state index contributed by atoms with van der Waals surface area (Å²) in [4.78, 5) is 69.0. The van der Waals surface area contributed by atoms with Crippen LogP contribution in [-0.2, 0) is 43.0 Å². The van der Waals surface area contributed by atoms with Gasteiger partial charge in [0.25, 0.3) is 0 Å². The van der Waals surface area contributed by atoms with Gasteiger partial charge in [-0.3, -0.25) is 28.8 Å². The maximum Gasteiger partial charge on any atom is 0.306 e. The molecule has 1 unspecified atom stereocenters. The van der Waals surface area contributed by atoms with Gasteiger partial charge in [0.1, 0.15) is 0 Å². The lowest BCUT2D eigenvalue weighted by Crippen LogP contribution is -2.69. The number of aliphatic hydroxyl groups excluding tert-OH is 1.